The summed E-state index contributed by atoms with van der Waals surface area (Å²) in [6, 6.07) is 13.4. The van der Waals surface area contributed by atoms with Gasteiger partial charge in [-0.25, -0.2) is 0 Å². The maximum absolute atomic E-state index is 12.7. The Morgan fingerprint density at radius 2 is 1.71 bits per heavy atom. The zero-order valence-corrected chi connectivity index (χ0v) is 20.8. The average Bonchev–Trinajstić information content (AvgIpc) is 3.37. The van der Waals surface area contributed by atoms with Gasteiger partial charge in [-0.3, -0.25) is 4.79 Å². The lowest BCUT2D eigenvalue weighted by atomic mass is 10.0. The Hall–Kier alpha value is -2.83. The molecule has 2 aliphatic rings. The van der Waals surface area contributed by atoms with Gasteiger partial charge in [0.15, 0.2) is 16.8 Å². The molecular formula is C29H36N2O4. The minimum absolute atomic E-state index is 0.0799. The fraction of sp³-hybridized carbons (Fsp3) is 0.483. The topological polar surface area (TPSA) is 55.2 Å². The third-order valence-corrected chi connectivity index (χ3v) is 7.19. The molecule has 5 rings (SSSR count). The van der Waals surface area contributed by atoms with Gasteiger partial charge in [-0.1, -0.05) is 30.7 Å². The number of piperidine rings is 1. The normalized spacial score (nSPS) is 15.8. The number of hydrogen-bond acceptors (Lipinski definition) is 6. The standard InChI is InChI=1S/C29H36N2O4/c1-30(16-7-19-31-17-4-2-5-18-31)15-6-3-8-22-9-11-23(12-10-22)27-20-25(32)24-13-14-26-29(28(24)35-27)34-21-33-26/h9-14,20H,2-8,15-19,21H2,1H3. The van der Waals surface area contributed by atoms with Crippen molar-refractivity contribution < 1.29 is 13.9 Å². The van der Waals surface area contributed by atoms with Gasteiger partial charge in [-0.15, -0.1) is 0 Å². The molecule has 0 N–H and O–H groups in total. The van der Waals surface area contributed by atoms with Gasteiger partial charge < -0.3 is 23.7 Å². The van der Waals surface area contributed by atoms with Crippen LogP contribution < -0.4 is 14.9 Å². The summed E-state index contributed by atoms with van der Waals surface area (Å²) < 4.78 is 17.1. The molecule has 0 radical (unpaired) electrons. The van der Waals surface area contributed by atoms with E-state index in [1.54, 1.807) is 18.2 Å². The highest BCUT2D eigenvalue weighted by Crippen LogP contribution is 2.39. The second-order valence-corrected chi connectivity index (χ2v) is 9.86. The maximum Gasteiger partial charge on any atom is 0.231 e. The summed E-state index contributed by atoms with van der Waals surface area (Å²) in [4.78, 5) is 17.7. The Morgan fingerprint density at radius 3 is 2.54 bits per heavy atom. The van der Waals surface area contributed by atoms with E-state index in [4.69, 9.17) is 13.9 Å². The van der Waals surface area contributed by atoms with Crippen LogP contribution in [-0.4, -0.2) is 56.4 Å². The Labute approximate surface area is 207 Å². The molecule has 2 aromatic carbocycles. The smallest absolute Gasteiger partial charge is 0.231 e. The fourth-order valence-electron chi connectivity index (χ4n) is 5.13. The van der Waals surface area contributed by atoms with Crippen LogP contribution >= 0.6 is 0 Å². The molecule has 3 aromatic rings. The zero-order valence-electron chi connectivity index (χ0n) is 20.8. The molecule has 0 spiro atoms. The van der Waals surface area contributed by atoms with Crippen molar-refractivity contribution in [3.63, 3.8) is 0 Å². The van der Waals surface area contributed by atoms with Crippen LogP contribution in [0.15, 0.2) is 51.7 Å². The zero-order chi connectivity index (χ0) is 24.0. The molecule has 1 fully saturated rings. The van der Waals surface area contributed by atoms with Crippen LogP contribution in [-0.2, 0) is 6.42 Å². The molecule has 2 aliphatic heterocycles. The number of rotatable bonds is 10. The molecule has 0 atom stereocenters. The quantitative estimate of drug-likeness (QED) is 0.369. The maximum atomic E-state index is 12.7. The molecule has 0 unspecified atom stereocenters. The summed E-state index contributed by atoms with van der Waals surface area (Å²) in [6.45, 7) is 6.31. The lowest BCUT2D eigenvalue weighted by Crippen LogP contribution is -2.32. The van der Waals surface area contributed by atoms with Gasteiger partial charge in [0, 0.05) is 11.6 Å². The van der Waals surface area contributed by atoms with Crippen LogP contribution in [0.25, 0.3) is 22.3 Å². The first kappa shape index (κ1) is 23.9. The number of aryl methyl sites for hydroxylation is 1. The van der Waals surface area contributed by atoms with Crippen molar-refractivity contribution in [2.24, 2.45) is 0 Å². The number of benzene rings is 2. The Kier molecular flexibility index (Phi) is 7.69. The highest BCUT2D eigenvalue weighted by molar-refractivity contribution is 5.87. The van der Waals surface area contributed by atoms with Crippen molar-refractivity contribution in [2.75, 3.05) is 46.6 Å². The summed E-state index contributed by atoms with van der Waals surface area (Å²) >= 11 is 0. The fourth-order valence-corrected chi connectivity index (χ4v) is 5.13. The number of nitrogens with zero attached hydrogens (tertiary/aromatic N) is 2. The van der Waals surface area contributed by atoms with Crippen molar-refractivity contribution in [3.05, 3.63) is 58.3 Å². The monoisotopic (exact) mass is 476 g/mol. The summed E-state index contributed by atoms with van der Waals surface area (Å²) in [5, 5.41) is 0.506. The van der Waals surface area contributed by atoms with Gasteiger partial charge in [0.2, 0.25) is 12.5 Å². The molecule has 3 heterocycles. The van der Waals surface area contributed by atoms with Gasteiger partial charge in [0.1, 0.15) is 5.76 Å². The Morgan fingerprint density at radius 1 is 0.914 bits per heavy atom. The second-order valence-electron chi connectivity index (χ2n) is 9.86. The van der Waals surface area contributed by atoms with E-state index in [9.17, 15) is 4.79 Å². The second kappa shape index (κ2) is 11.3. The van der Waals surface area contributed by atoms with Gasteiger partial charge in [0.05, 0.1) is 5.39 Å². The highest BCUT2D eigenvalue weighted by atomic mass is 16.7. The van der Waals surface area contributed by atoms with Crippen LogP contribution in [0.5, 0.6) is 11.5 Å². The first-order valence-electron chi connectivity index (χ1n) is 13.0. The van der Waals surface area contributed by atoms with Gasteiger partial charge in [0.25, 0.3) is 0 Å². The summed E-state index contributed by atoms with van der Waals surface area (Å²) in [5.41, 5.74) is 2.57. The third kappa shape index (κ3) is 5.88. The minimum Gasteiger partial charge on any atom is -0.453 e. The molecular weight excluding hydrogens is 440 g/mol. The SMILES string of the molecule is CN(CCCCc1ccc(-c2cc(=O)c3ccc4c(c3o2)OCO4)cc1)CCCN1CCCCC1. The number of fused-ring (bicyclic) bond motifs is 3. The van der Waals surface area contributed by atoms with Crippen molar-refractivity contribution in [1.29, 1.82) is 0 Å². The number of unbranched alkanes of at least 4 members (excludes halogenated alkanes) is 1. The molecule has 35 heavy (non-hydrogen) atoms. The van der Waals surface area contributed by atoms with Gasteiger partial charge in [-0.2, -0.15) is 0 Å². The molecule has 1 saturated heterocycles. The molecule has 186 valence electrons. The van der Waals surface area contributed by atoms with E-state index in [1.165, 1.54) is 70.3 Å². The summed E-state index contributed by atoms with van der Waals surface area (Å²) in [5.74, 6) is 1.67. The Balaban J connectivity index is 1.10. The van der Waals surface area contributed by atoms with Crippen molar-refractivity contribution >= 4 is 11.0 Å². The lowest BCUT2D eigenvalue weighted by molar-refractivity contribution is 0.174. The molecule has 0 aliphatic carbocycles. The number of likely N-dealkylation sites (tertiary alicyclic amines) is 1. The molecule has 6 nitrogen and oxygen atoms in total. The van der Waals surface area contributed by atoms with E-state index in [0.717, 1.165) is 18.5 Å². The van der Waals surface area contributed by atoms with E-state index in [1.807, 2.05) is 12.1 Å². The first-order valence-corrected chi connectivity index (χ1v) is 13.0. The minimum atomic E-state index is -0.0799. The van der Waals surface area contributed by atoms with E-state index >= 15 is 0 Å². The van der Waals surface area contributed by atoms with E-state index in [-0.39, 0.29) is 12.2 Å². The van der Waals surface area contributed by atoms with E-state index < -0.39 is 0 Å². The first-order chi connectivity index (χ1) is 17.2. The van der Waals surface area contributed by atoms with Crippen LogP contribution in [0.2, 0.25) is 0 Å². The van der Waals surface area contributed by atoms with Crippen LogP contribution in [0.4, 0.5) is 0 Å². The lowest BCUT2D eigenvalue weighted by Gasteiger charge is -2.27. The predicted octanol–water partition coefficient (Wildman–Crippen LogP) is 5.32. The summed E-state index contributed by atoms with van der Waals surface area (Å²) in [6.07, 6.45) is 8.86. The molecule has 6 heteroatoms. The number of hydrogen-bond donors (Lipinski definition) is 0. The van der Waals surface area contributed by atoms with E-state index in [2.05, 4.69) is 29.0 Å². The highest BCUT2D eigenvalue weighted by Gasteiger charge is 2.21. The number of ether oxygens (including phenoxy) is 2. The van der Waals surface area contributed by atoms with Gasteiger partial charge in [-0.05, 0) is 96.0 Å². The predicted molar refractivity (Wildman–Crippen MR) is 139 cm³/mol. The van der Waals surface area contributed by atoms with E-state index in [0.29, 0.717) is 28.2 Å². The van der Waals surface area contributed by atoms with Gasteiger partial charge >= 0.3 is 0 Å². The molecule has 0 bridgehead atoms. The molecule has 1 aromatic heterocycles. The largest absolute Gasteiger partial charge is 0.453 e. The van der Waals surface area contributed by atoms with Crippen LogP contribution in [0, 0.1) is 0 Å². The van der Waals surface area contributed by atoms with Crippen molar-refractivity contribution in [2.45, 2.75) is 44.9 Å². The van der Waals surface area contributed by atoms with Crippen LogP contribution in [0.1, 0.15) is 44.1 Å². The summed E-state index contributed by atoms with van der Waals surface area (Å²) in [7, 11) is 2.24. The molecule has 0 saturated carbocycles. The molecule has 0 amide bonds. The van der Waals surface area contributed by atoms with Crippen molar-refractivity contribution in [1.82, 2.24) is 9.80 Å². The van der Waals surface area contributed by atoms with Crippen LogP contribution in [0.3, 0.4) is 0 Å². The Bertz CT molecular complexity index is 1180. The van der Waals surface area contributed by atoms with Crippen molar-refractivity contribution in [3.8, 4) is 22.8 Å². The third-order valence-electron chi connectivity index (χ3n) is 7.19. The average molecular weight is 477 g/mol.